The molecule has 5 nitrogen and oxygen atoms in total. The van der Waals surface area contributed by atoms with Crippen LogP contribution in [0, 0.1) is 0 Å². The molecule has 0 fully saturated rings. The number of aromatic nitrogens is 4. The second kappa shape index (κ2) is 9.75. The van der Waals surface area contributed by atoms with Crippen molar-refractivity contribution >= 4 is 43.7 Å². The second-order valence-electron chi connectivity index (χ2n) is 10.6. The molecule has 44 heavy (non-hydrogen) atoms. The molecular formula is C39H24N4O. The molecule has 0 atom stereocenters. The lowest BCUT2D eigenvalue weighted by molar-refractivity contribution is 0.669. The summed E-state index contributed by atoms with van der Waals surface area (Å²) in [4.78, 5) is 14.7. The van der Waals surface area contributed by atoms with Gasteiger partial charge in [0.05, 0.1) is 27.6 Å². The van der Waals surface area contributed by atoms with Crippen LogP contribution in [0.2, 0.25) is 0 Å². The zero-order chi connectivity index (χ0) is 32.5. The molecule has 9 rings (SSSR count). The number of furan rings is 1. The molecule has 9 aromatic rings. The molecule has 0 saturated heterocycles. The summed E-state index contributed by atoms with van der Waals surface area (Å²) in [6.07, 6.45) is 0. The summed E-state index contributed by atoms with van der Waals surface area (Å²) in [5.41, 5.74) is 5.71. The van der Waals surface area contributed by atoms with Gasteiger partial charge in [-0.2, -0.15) is 0 Å². The molecule has 0 spiro atoms. The smallest absolute Gasteiger partial charge is 0.164 e. The average molecular weight is 569 g/mol. The molecule has 0 unspecified atom stereocenters. The fraction of sp³-hybridized carbons (Fsp3) is 0. The molecule has 0 saturated carbocycles. The topological polar surface area (TPSA) is 56.7 Å². The van der Waals surface area contributed by atoms with Crippen molar-refractivity contribution in [2.75, 3.05) is 0 Å². The van der Waals surface area contributed by atoms with Crippen LogP contribution >= 0.6 is 0 Å². The van der Waals surface area contributed by atoms with Gasteiger partial charge in [-0.05, 0) is 42.4 Å². The Kier molecular flexibility index (Phi) is 4.60. The molecule has 206 valence electrons. The summed E-state index contributed by atoms with van der Waals surface area (Å²) >= 11 is 0. The van der Waals surface area contributed by atoms with E-state index in [0.717, 1.165) is 33.2 Å². The molecule has 3 heterocycles. The highest BCUT2D eigenvalue weighted by Crippen LogP contribution is 2.39. The van der Waals surface area contributed by atoms with Gasteiger partial charge in [0.25, 0.3) is 0 Å². The molecule has 0 aliphatic carbocycles. The van der Waals surface area contributed by atoms with Crippen LogP contribution in [0.4, 0.5) is 0 Å². The van der Waals surface area contributed by atoms with Crippen molar-refractivity contribution in [3.05, 3.63) is 145 Å². The molecule has 6 aromatic carbocycles. The Morgan fingerprint density at radius 2 is 1.09 bits per heavy atom. The van der Waals surface area contributed by atoms with Crippen molar-refractivity contribution in [1.82, 2.24) is 19.5 Å². The molecule has 0 radical (unpaired) electrons. The van der Waals surface area contributed by atoms with Gasteiger partial charge in [0.15, 0.2) is 17.5 Å². The van der Waals surface area contributed by atoms with Crippen molar-refractivity contribution in [2.45, 2.75) is 0 Å². The van der Waals surface area contributed by atoms with Gasteiger partial charge in [-0.25, -0.2) is 15.0 Å². The fourth-order valence-corrected chi connectivity index (χ4v) is 5.97. The molecule has 0 bridgehead atoms. The predicted octanol–water partition coefficient (Wildman–Crippen LogP) is 9.87. The van der Waals surface area contributed by atoms with Gasteiger partial charge in [-0.1, -0.05) is 103 Å². The highest BCUT2D eigenvalue weighted by Gasteiger charge is 2.19. The van der Waals surface area contributed by atoms with E-state index in [9.17, 15) is 0 Å². The number of para-hydroxylation sites is 2. The molecular weight excluding hydrogens is 540 g/mol. The first-order chi connectivity index (χ1) is 23.4. The van der Waals surface area contributed by atoms with E-state index in [-0.39, 0.29) is 24.2 Å². The molecule has 5 heteroatoms. The number of fused-ring (bicyclic) bond motifs is 6. The maximum absolute atomic E-state index is 8.92. The maximum atomic E-state index is 8.92. The normalized spacial score (nSPS) is 12.9. The highest BCUT2D eigenvalue weighted by molar-refractivity contribution is 6.14. The first-order valence-electron chi connectivity index (χ1n) is 16.3. The lowest BCUT2D eigenvalue weighted by Crippen LogP contribution is -2.00. The van der Waals surface area contributed by atoms with E-state index in [2.05, 4.69) is 0 Å². The van der Waals surface area contributed by atoms with Gasteiger partial charge >= 0.3 is 0 Å². The zero-order valence-corrected chi connectivity index (χ0v) is 23.2. The molecule has 0 amide bonds. The molecule has 0 N–H and O–H groups in total. The first-order valence-corrected chi connectivity index (χ1v) is 14.3. The van der Waals surface area contributed by atoms with Gasteiger partial charge in [-0.15, -0.1) is 0 Å². The zero-order valence-electron chi connectivity index (χ0n) is 27.2. The van der Waals surface area contributed by atoms with Crippen LogP contribution in [0.3, 0.4) is 0 Å². The highest BCUT2D eigenvalue weighted by atomic mass is 16.3. The standard InChI is InChI=1S/C39H24N4O/c1-3-12-25(13-4-1)37-40-38(26-14-5-2-6-15-26)42-39(41-37)27-22-23-34-30(24-27)36-33(20-11-21-35(36)44-34)43-31-18-9-7-16-28(31)29-17-8-10-19-32(29)43/h1-24H/i7D,8D,18D,19D. The largest absolute Gasteiger partial charge is 0.456 e. The van der Waals surface area contributed by atoms with E-state index < -0.39 is 0 Å². The molecule has 0 aliphatic rings. The second-order valence-corrected chi connectivity index (χ2v) is 10.6. The van der Waals surface area contributed by atoms with Crippen LogP contribution in [0.5, 0.6) is 0 Å². The lowest BCUT2D eigenvalue weighted by Gasteiger charge is -2.10. The number of hydrogen-bond donors (Lipinski definition) is 0. The number of rotatable bonds is 4. The van der Waals surface area contributed by atoms with Crippen LogP contribution in [-0.4, -0.2) is 19.5 Å². The third kappa shape index (κ3) is 3.83. The SMILES string of the molecule is [2H]c1cc([2H])c2c(c1)c1cc([2H])cc([2H])c1n2-c1cccc2oc3ccc(-c4nc(-c5ccccc5)nc(-c5ccccc5)n4)cc3c12. The first kappa shape index (κ1) is 20.8. The van der Waals surface area contributed by atoms with Gasteiger partial charge < -0.3 is 8.98 Å². The Morgan fingerprint density at radius 1 is 0.500 bits per heavy atom. The van der Waals surface area contributed by atoms with E-state index in [4.69, 9.17) is 24.9 Å². The third-order valence-electron chi connectivity index (χ3n) is 7.96. The summed E-state index contributed by atoms with van der Waals surface area (Å²) in [6, 6.07) is 38.4. The van der Waals surface area contributed by atoms with Crippen LogP contribution in [-0.2, 0) is 0 Å². The van der Waals surface area contributed by atoms with Crippen molar-refractivity contribution in [3.63, 3.8) is 0 Å². The summed E-state index contributed by atoms with van der Waals surface area (Å²) in [5.74, 6) is 1.65. The van der Waals surface area contributed by atoms with E-state index >= 15 is 0 Å². The van der Waals surface area contributed by atoms with Crippen molar-refractivity contribution in [3.8, 4) is 39.9 Å². The van der Waals surface area contributed by atoms with E-state index in [0.29, 0.717) is 50.4 Å². The summed E-state index contributed by atoms with van der Waals surface area (Å²) in [5, 5.41) is 2.94. The van der Waals surface area contributed by atoms with Crippen molar-refractivity contribution in [1.29, 1.82) is 0 Å². The van der Waals surface area contributed by atoms with Crippen molar-refractivity contribution in [2.24, 2.45) is 0 Å². The predicted molar refractivity (Wildman–Crippen MR) is 178 cm³/mol. The monoisotopic (exact) mass is 568 g/mol. The minimum atomic E-state index is 0.164. The van der Waals surface area contributed by atoms with Gasteiger partial charge in [0, 0.05) is 32.8 Å². The Morgan fingerprint density at radius 3 is 1.70 bits per heavy atom. The van der Waals surface area contributed by atoms with Crippen molar-refractivity contribution < 1.29 is 9.90 Å². The van der Waals surface area contributed by atoms with Gasteiger partial charge in [0.2, 0.25) is 0 Å². The van der Waals surface area contributed by atoms with E-state index in [1.165, 1.54) is 12.1 Å². The average Bonchev–Trinajstić information content (AvgIpc) is 3.64. The fourth-order valence-electron chi connectivity index (χ4n) is 5.97. The van der Waals surface area contributed by atoms with E-state index in [1.807, 2.05) is 102 Å². The van der Waals surface area contributed by atoms with Gasteiger partial charge in [0.1, 0.15) is 11.2 Å². The summed E-state index contributed by atoms with van der Waals surface area (Å²) in [7, 11) is 0. The Labute approximate surface area is 258 Å². The minimum absolute atomic E-state index is 0.164. The third-order valence-corrected chi connectivity index (χ3v) is 7.96. The summed E-state index contributed by atoms with van der Waals surface area (Å²) < 4.78 is 42.8. The van der Waals surface area contributed by atoms with Crippen LogP contribution in [0.15, 0.2) is 150 Å². The Hall–Kier alpha value is -6.07. The summed E-state index contributed by atoms with van der Waals surface area (Å²) in [6.45, 7) is 0. The minimum Gasteiger partial charge on any atom is -0.456 e. The molecule has 3 aromatic heterocycles. The number of benzene rings is 6. The number of nitrogens with zero attached hydrogens (tertiary/aromatic N) is 4. The maximum Gasteiger partial charge on any atom is 0.164 e. The van der Waals surface area contributed by atoms with Crippen LogP contribution < -0.4 is 0 Å². The molecule has 0 aliphatic heterocycles. The van der Waals surface area contributed by atoms with Crippen LogP contribution in [0.1, 0.15) is 5.48 Å². The Balaban J connectivity index is 1.33. The van der Waals surface area contributed by atoms with Crippen LogP contribution in [0.25, 0.3) is 83.6 Å². The van der Waals surface area contributed by atoms with E-state index in [1.54, 1.807) is 12.1 Å². The van der Waals surface area contributed by atoms with Gasteiger partial charge in [-0.3, -0.25) is 0 Å². The Bertz CT molecular complexity index is 2600. The number of hydrogen-bond acceptors (Lipinski definition) is 4. The lowest BCUT2D eigenvalue weighted by atomic mass is 10.1. The quantitative estimate of drug-likeness (QED) is 0.212.